The number of alkyl halides is 1. The van der Waals surface area contributed by atoms with Crippen LogP contribution in [0.3, 0.4) is 0 Å². The summed E-state index contributed by atoms with van der Waals surface area (Å²) in [6, 6.07) is 0. The van der Waals surface area contributed by atoms with Crippen molar-refractivity contribution in [3.05, 3.63) is 0 Å². The summed E-state index contributed by atoms with van der Waals surface area (Å²) in [7, 11) is 0. The van der Waals surface area contributed by atoms with Crippen LogP contribution in [0.1, 0.15) is 125 Å². The Bertz CT molecular complexity index is 706. The molecule has 0 amide bonds. The van der Waals surface area contributed by atoms with Gasteiger partial charge in [0, 0.05) is 5.41 Å². The molecule has 4 rings (SSSR count). The van der Waals surface area contributed by atoms with Gasteiger partial charge in [0.2, 0.25) is 0 Å². The minimum Gasteiger partial charge on any atom is -0.461 e. The second-order valence-electron chi connectivity index (χ2n) is 13.8. The Morgan fingerprint density at radius 1 is 0.971 bits per heavy atom. The molecular weight excluding hydrogens is 484 g/mol. The molecule has 0 N–H and O–H groups in total. The van der Waals surface area contributed by atoms with E-state index >= 15 is 0 Å². The van der Waals surface area contributed by atoms with Crippen LogP contribution in [-0.2, 0) is 9.53 Å². The van der Waals surface area contributed by atoms with E-state index in [1.165, 1.54) is 70.6 Å². The monoisotopic (exact) mass is 536 g/mol. The minimum absolute atomic E-state index is 0.0201. The number of esters is 1. The lowest BCUT2D eigenvalue weighted by molar-refractivity contribution is -0.191. The molecule has 4 aliphatic carbocycles. The highest BCUT2D eigenvalue weighted by Gasteiger charge is 2.62. The van der Waals surface area contributed by atoms with Gasteiger partial charge in [0.25, 0.3) is 0 Å². The fraction of sp³-hybridized carbons (Fsp3) is 0.968. The maximum Gasteiger partial charge on any atom is 0.319 e. The molecular formula is C31H53BrO2. The van der Waals surface area contributed by atoms with Crippen LogP contribution in [0.25, 0.3) is 0 Å². The molecule has 0 aromatic carbocycles. The van der Waals surface area contributed by atoms with Gasteiger partial charge >= 0.3 is 5.97 Å². The Morgan fingerprint density at radius 3 is 2.44 bits per heavy atom. The van der Waals surface area contributed by atoms with E-state index in [9.17, 15) is 4.79 Å². The van der Waals surface area contributed by atoms with E-state index in [1.54, 1.807) is 0 Å². The van der Waals surface area contributed by atoms with E-state index in [2.05, 4.69) is 57.5 Å². The molecule has 4 aliphatic rings. The molecule has 4 saturated carbocycles. The van der Waals surface area contributed by atoms with Gasteiger partial charge in [0.05, 0.1) is 0 Å². The maximum absolute atomic E-state index is 12.8. The molecule has 0 radical (unpaired) electrons. The van der Waals surface area contributed by atoms with E-state index in [0.29, 0.717) is 5.41 Å². The lowest BCUT2D eigenvalue weighted by Crippen LogP contribution is -2.58. The zero-order chi connectivity index (χ0) is 24.7. The van der Waals surface area contributed by atoms with Crippen molar-refractivity contribution in [2.45, 2.75) is 136 Å². The summed E-state index contributed by atoms with van der Waals surface area (Å²) in [5, 5.41) is 0. The van der Waals surface area contributed by atoms with Gasteiger partial charge in [0.1, 0.15) is 10.9 Å². The van der Waals surface area contributed by atoms with Gasteiger partial charge in [0.15, 0.2) is 0 Å². The van der Waals surface area contributed by atoms with Gasteiger partial charge in [-0.3, -0.25) is 4.79 Å². The summed E-state index contributed by atoms with van der Waals surface area (Å²) < 4.78 is 6.34. The lowest BCUT2D eigenvalue weighted by atomic mass is 9.44. The first-order valence-corrected chi connectivity index (χ1v) is 15.9. The highest BCUT2D eigenvalue weighted by atomic mass is 79.9. The second-order valence-corrected chi connectivity index (χ2v) is 14.9. The van der Waals surface area contributed by atoms with Gasteiger partial charge in [-0.05, 0) is 111 Å². The zero-order valence-electron chi connectivity index (χ0n) is 23.1. The summed E-state index contributed by atoms with van der Waals surface area (Å²) in [6.45, 7) is 14.6. The summed E-state index contributed by atoms with van der Waals surface area (Å²) >= 11 is 3.56. The normalized spacial score (nSPS) is 43.5. The minimum atomic E-state index is -0.154. The molecule has 0 heterocycles. The van der Waals surface area contributed by atoms with Crippen molar-refractivity contribution >= 4 is 21.9 Å². The van der Waals surface area contributed by atoms with E-state index in [0.717, 1.165) is 54.3 Å². The fourth-order valence-electron chi connectivity index (χ4n) is 9.88. The van der Waals surface area contributed by atoms with Crippen molar-refractivity contribution in [2.75, 3.05) is 0 Å². The SMILES string of the molecule is CCC(Br)C(=O)OC1CCC[C@@H]2CC[C@@H]3[C@@H]4CC[C@@H]([C@@H](C)CCCC(C)C)[C@@]4(C)CC[C@@H]3[C@@]12C. The summed E-state index contributed by atoms with van der Waals surface area (Å²) in [5.74, 6) is 5.81. The number of hydrogen-bond donors (Lipinski definition) is 0. The molecule has 2 unspecified atom stereocenters. The predicted octanol–water partition coefficient (Wildman–Crippen LogP) is 9.19. The highest BCUT2D eigenvalue weighted by Crippen LogP contribution is 2.68. The van der Waals surface area contributed by atoms with Crippen molar-refractivity contribution in [2.24, 2.45) is 52.3 Å². The van der Waals surface area contributed by atoms with Crippen molar-refractivity contribution in [3.63, 3.8) is 0 Å². The van der Waals surface area contributed by atoms with E-state index in [1.807, 2.05) is 0 Å². The van der Waals surface area contributed by atoms with Crippen LogP contribution in [0.15, 0.2) is 0 Å². The first-order chi connectivity index (χ1) is 16.1. The molecule has 196 valence electrons. The third kappa shape index (κ3) is 4.79. The third-order valence-corrected chi connectivity index (χ3v) is 12.8. The van der Waals surface area contributed by atoms with Crippen LogP contribution < -0.4 is 0 Å². The standard InChI is InChI=1S/C31H53BrO2/c1-7-27(32)29(33)34-28-13-9-12-22-14-15-23-25-17-16-24(21(4)11-8-10-20(2)3)30(25,5)19-18-26(23)31(22,28)6/h20-28H,7-19H2,1-6H3/t21-,22+,23+,24-,25-,26-,27?,28?,30+,31-/m0/s1. The topological polar surface area (TPSA) is 26.3 Å². The average Bonchev–Trinajstić information content (AvgIpc) is 3.16. The first-order valence-electron chi connectivity index (χ1n) is 15.0. The van der Waals surface area contributed by atoms with Gasteiger partial charge in [-0.2, -0.15) is 0 Å². The summed E-state index contributed by atoms with van der Waals surface area (Å²) in [6.07, 6.45) is 17.2. The molecule has 0 aliphatic heterocycles. The van der Waals surface area contributed by atoms with Crippen LogP contribution in [0.2, 0.25) is 0 Å². The van der Waals surface area contributed by atoms with Crippen LogP contribution >= 0.6 is 15.9 Å². The first kappa shape index (κ1) is 27.0. The van der Waals surface area contributed by atoms with Gasteiger partial charge in [-0.1, -0.05) is 76.7 Å². The van der Waals surface area contributed by atoms with Gasteiger partial charge in [-0.25, -0.2) is 0 Å². The Labute approximate surface area is 219 Å². The van der Waals surface area contributed by atoms with E-state index < -0.39 is 0 Å². The quantitative estimate of drug-likeness (QED) is 0.228. The molecule has 2 nitrogen and oxygen atoms in total. The highest BCUT2D eigenvalue weighted by molar-refractivity contribution is 9.10. The molecule has 0 saturated heterocycles. The van der Waals surface area contributed by atoms with Gasteiger partial charge in [-0.15, -0.1) is 0 Å². The second kappa shape index (κ2) is 10.7. The maximum atomic E-state index is 12.8. The lowest BCUT2D eigenvalue weighted by Gasteiger charge is -2.62. The van der Waals surface area contributed by atoms with Gasteiger partial charge < -0.3 is 4.74 Å². The van der Waals surface area contributed by atoms with Crippen molar-refractivity contribution in [1.29, 1.82) is 0 Å². The fourth-order valence-corrected chi connectivity index (χ4v) is 9.99. The number of fused-ring (bicyclic) bond motifs is 5. The zero-order valence-corrected chi connectivity index (χ0v) is 24.7. The summed E-state index contributed by atoms with van der Waals surface area (Å²) in [5.41, 5.74) is 0.713. The molecule has 0 bridgehead atoms. The number of carbonyl (C=O) groups is 1. The molecule has 0 aromatic rings. The third-order valence-electron chi connectivity index (χ3n) is 11.8. The smallest absolute Gasteiger partial charge is 0.319 e. The largest absolute Gasteiger partial charge is 0.461 e. The van der Waals surface area contributed by atoms with E-state index in [4.69, 9.17) is 4.74 Å². The van der Waals surface area contributed by atoms with Crippen LogP contribution in [-0.4, -0.2) is 16.9 Å². The van der Waals surface area contributed by atoms with Crippen LogP contribution in [0.4, 0.5) is 0 Å². The Morgan fingerprint density at radius 2 is 1.74 bits per heavy atom. The van der Waals surface area contributed by atoms with Crippen molar-refractivity contribution in [3.8, 4) is 0 Å². The Kier molecular flexibility index (Phi) is 8.53. The van der Waals surface area contributed by atoms with Crippen LogP contribution in [0.5, 0.6) is 0 Å². The summed E-state index contributed by atoms with van der Waals surface area (Å²) in [4.78, 5) is 12.7. The van der Waals surface area contributed by atoms with Crippen molar-refractivity contribution < 1.29 is 9.53 Å². The number of halogens is 1. The van der Waals surface area contributed by atoms with Crippen LogP contribution in [0, 0.1) is 52.3 Å². The molecule has 34 heavy (non-hydrogen) atoms. The number of hydrogen-bond acceptors (Lipinski definition) is 2. The number of rotatable bonds is 8. The Balaban J connectivity index is 1.50. The van der Waals surface area contributed by atoms with Crippen molar-refractivity contribution in [1.82, 2.24) is 0 Å². The number of ether oxygens (including phenoxy) is 1. The van der Waals surface area contributed by atoms with E-state index in [-0.39, 0.29) is 22.3 Å². The molecule has 10 atom stereocenters. The molecule has 0 aromatic heterocycles. The molecule has 0 spiro atoms. The molecule has 4 fully saturated rings. The number of carbonyl (C=O) groups excluding carboxylic acids is 1. The predicted molar refractivity (Wildman–Crippen MR) is 146 cm³/mol. The molecule has 3 heteroatoms. The Hall–Kier alpha value is -0.0500. The average molecular weight is 538 g/mol.